The topological polar surface area (TPSA) is 54.7 Å². The van der Waals surface area contributed by atoms with Crippen molar-refractivity contribution < 1.29 is 4.39 Å². The highest BCUT2D eigenvalue weighted by atomic mass is 79.9. The number of halogens is 2. The Morgan fingerprint density at radius 1 is 1.54 bits per heavy atom. The molecule has 0 amide bonds. The van der Waals surface area contributed by atoms with Crippen LogP contribution in [0.5, 0.6) is 0 Å². The molecule has 0 spiro atoms. The molecule has 0 aliphatic carbocycles. The maximum atomic E-state index is 13.3. The monoisotopic (exact) mass is 261 g/mol. The zero-order valence-corrected chi connectivity index (χ0v) is 8.75. The molecule has 0 saturated carbocycles. The van der Waals surface area contributed by atoms with Crippen LogP contribution >= 0.6 is 27.3 Å². The number of aromatic amines is 1. The average Bonchev–Trinajstić information content (AvgIpc) is 2.62. The van der Waals surface area contributed by atoms with Crippen molar-refractivity contribution in [2.24, 2.45) is 0 Å². The predicted octanol–water partition coefficient (Wildman–Crippen LogP) is 2.62. The molecule has 2 aromatic rings. The summed E-state index contributed by atoms with van der Waals surface area (Å²) < 4.78 is 14.1. The van der Waals surface area contributed by atoms with E-state index in [2.05, 4.69) is 26.1 Å². The summed E-state index contributed by atoms with van der Waals surface area (Å²) in [6, 6.07) is 0. The van der Waals surface area contributed by atoms with E-state index in [9.17, 15) is 4.39 Å². The summed E-state index contributed by atoms with van der Waals surface area (Å²) in [6.45, 7) is 0. The molecule has 3 N–H and O–H groups in total. The molecule has 0 aliphatic heterocycles. The first-order valence-corrected chi connectivity index (χ1v) is 5.15. The number of rotatable bonds is 1. The third-order valence-electron chi connectivity index (χ3n) is 1.62. The van der Waals surface area contributed by atoms with E-state index in [0.29, 0.717) is 5.69 Å². The van der Waals surface area contributed by atoms with Gasteiger partial charge in [-0.05, 0) is 15.9 Å². The molecule has 0 unspecified atom stereocenters. The second-order valence-corrected chi connectivity index (χ2v) is 4.03. The van der Waals surface area contributed by atoms with E-state index in [4.69, 9.17) is 5.73 Å². The Bertz CT molecular complexity index is 437. The SMILES string of the molecule is Nc1n[nH]c(-c2cscc2Br)c1F. The van der Waals surface area contributed by atoms with Gasteiger partial charge < -0.3 is 5.73 Å². The second-order valence-electron chi connectivity index (χ2n) is 2.43. The van der Waals surface area contributed by atoms with Gasteiger partial charge in [0.05, 0.1) is 0 Å². The van der Waals surface area contributed by atoms with E-state index >= 15 is 0 Å². The Balaban J connectivity index is 2.59. The molecular formula is C7H5BrFN3S. The Labute approximate surface area is 85.9 Å². The summed E-state index contributed by atoms with van der Waals surface area (Å²) in [5, 5.41) is 9.80. The second kappa shape index (κ2) is 3.12. The third kappa shape index (κ3) is 1.36. The third-order valence-corrected chi connectivity index (χ3v) is 3.32. The maximum Gasteiger partial charge on any atom is 0.192 e. The first-order valence-electron chi connectivity index (χ1n) is 3.41. The average molecular weight is 262 g/mol. The quantitative estimate of drug-likeness (QED) is 0.830. The van der Waals surface area contributed by atoms with Gasteiger partial charge in [0.25, 0.3) is 0 Å². The van der Waals surface area contributed by atoms with E-state index in [1.165, 1.54) is 11.3 Å². The number of nitrogens with one attached hydrogen (secondary N) is 1. The summed E-state index contributed by atoms with van der Waals surface area (Å²) in [7, 11) is 0. The van der Waals surface area contributed by atoms with Crippen LogP contribution in [0.3, 0.4) is 0 Å². The lowest BCUT2D eigenvalue weighted by atomic mass is 10.2. The number of aromatic nitrogens is 2. The smallest absolute Gasteiger partial charge is 0.192 e. The van der Waals surface area contributed by atoms with Gasteiger partial charge in [0.2, 0.25) is 0 Å². The summed E-state index contributed by atoms with van der Waals surface area (Å²) in [5.74, 6) is -0.604. The summed E-state index contributed by atoms with van der Waals surface area (Å²) in [4.78, 5) is 0. The van der Waals surface area contributed by atoms with Crippen LogP contribution in [0.4, 0.5) is 10.2 Å². The van der Waals surface area contributed by atoms with Gasteiger partial charge in [-0.25, -0.2) is 4.39 Å². The van der Waals surface area contributed by atoms with Crippen LogP contribution in [0.15, 0.2) is 15.2 Å². The summed E-state index contributed by atoms with van der Waals surface area (Å²) in [6.07, 6.45) is 0. The van der Waals surface area contributed by atoms with Crippen molar-refractivity contribution in [2.45, 2.75) is 0 Å². The van der Waals surface area contributed by atoms with Crippen molar-refractivity contribution in [1.29, 1.82) is 0 Å². The molecule has 2 aromatic heterocycles. The lowest BCUT2D eigenvalue weighted by Gasteiger charge is -1.93. The number of H-pyrrole nitrogens is 1. The van der Waals surface area contributed by atoms with Crippen LogP contribution in [0.2, 0.25) is 0 Å². The molecule has 3 nitrogen and oxygen atoms in total. The van der Waals surface area contributed by atoms with Gasteiger partial charge >= 0.3 is 0 Å². The van der Waals surface area contributed by atoms with E-state index < -0.39 is 5.82 Å². The molecular weight excluding hydrogens is 257 g/mol. The number of nitrogens with zero attached hydrogens (tertiary/aromatic N) is 1. The van der Waals surface area contributed by atoms with Gasteiger partial charge in [0.1, 0.15) is 5.69 Å². The first-order chi connectivity index (χ1) is 6.20. The zero-order chi connectivity index (χ0) is 9.42. The fraction of sp³-hybridized carbons (Fsp3) is 0. The van der Waals surface area contributed by atoms with Crippen LogP contribution in [0, 0.1) is 5.82 Å². The van der Waals surface area contributed by atoms with Crippen molar-refractivity contribution in [3.05, 3.63) is 21.1 Å². The van der Waals surface area contributed by atoms with Gasteiger partial charge in [-0.1, -0.05) is 0 Å². The van der Waals surface area contributed by atoms with E-state index in [1.54, 1.807) is 0 Å². The molecule has 0 saturated heterocycles. The molecule has 0 bridgehead atoms. The first kappa shape index (κ1) is 8.71. The van der Waals surface area contributed by atoms with Gasteiger partial charge in [-0.2, -0.15) is 16.4 Å². The minimum absolute atomic E-state index is 0.104. The number of hydrogen-bond donors (Lipinski definition) is 2. The Morgan fingerprint density at radius 2 is 2.31 bits per heavy atom. The van der Waals surface area contributed by atoms with Gasteiger partial charge in [0.15, 0.2) is 11.6 Å². The van der Waals surface area contributed by atoms with Gasteiger partial charge in [-0.15, -0.1) is 0 Å². The highest BCUT2D eigenvalue weighted by Crippen LogP contribution is 2.32. The fourth-order valence-electron chi connectivity index (χ4n) is 0.981. The van der Waals surface area contributed by atoms with Crippen LogP contribution in [-0.4, -0.2) is 10.2 Å². The van der Waals surface area contributed by atoms with Crippen molar-refractivity contribution in [1.82, 2.24) is 10.2 Å². The number of anilines is 1. The van der Waals surface area contributed by atoms with Crippen molar-refractivity contribution in [2.75, 3.05) is 5.73 Å². The maximum absolute atomic E-state index is 13.3. The lowest BCUT2D eigenvalue weighted by Crippen LogP contribution is -1.87. The largest absolute Gasteiger partial charge is 0.380 e. The number of thiophene rings is 1. The highest BCUT2D eigenvalue weighted by molar-refractivity contribution is 9.10. The minimum Gasteiger partial charge on any atom is -0.380 e. The summed E-state index contributed by atoms with van der Waals surface area (Å²) >= 11 is 4.78. The summed E-state index contributed by atoms with van der Waals surface area (Å²) in [5.41, 5.74) is 6.33. The molecule has 2 rings (SSSR count). The van der Waals surface area contributed by atoms with Crippen molar-refractivity contribution >= 4 is 33.1 Å². The van der Waals surface area contributed by atoms with Gasteiger partial charge in [0, 0.05) is 20.8 Å². The van der Waals surface area contributed by atoms with E-state index in [1.807, 2.05) is 10.8 Å². The number of nitrogens with two attached hydrogens (primary N) is 1. The van der Waals surface area contributed by atoms with E-state index in [0.717, 1.165) is 10.0 Å². The van der Waals surface area contributed by atoms with Crippen LogP contribution in [0.25, 0.3) is 11.3 Å². The fourth-order valence-corrected chi connectivity index (χ4v) is 2.46. The Morgan fingerprint density at radius 3 is 2.77 bits per heavy atom. The number of hydrogen-bond acceptors (Lipinski definition) is 3. The standard InChI is InChI=1S/C7H5BrFN3S/c8-4-2-13-1-3(4)6-5(9)7(10)12-11-6/h1-2H,(H3,10,11,12). The van der Waals surface area contributed by atoms with Crippen molar-refractivity contribution in [3.8, 4) is 11.3 Å². The highest BCUT2D eigenvalue weighted by Gasteiger charge is 2.14. The molecule has 0 fully saturated rings. The van der Waals surface area contributed by atoms with E-state index in [-0.39, 0.29) is 5.82 Å². The van der Waals surface area contributed by atoms with Crippen molar-refractivity contribution in [3.63, 3.8) is 0 Å². The number of nitrogen functional groups attached to an aromatic ring is 1. The molecule has 0 radical (unpaired) electrons. The minimum atomic E-state index is -0.501. The van der Waals surface area contributed by atoms with Crippen LogP contribution in [-0.2, 0) is 0 Å². The molecule has 2 heterocycles. The Kier molecular flexibility index (Phi) is 2.09. The predicted molar refractivity (Wildman–Crippen MR) is 54.0 cm³/mol. The molecule has 0 aromatic carbocycles. The molecule has 13 heavy (non-hydrogen) atoms. The normalized spacial score (nSPS) is 10.6. The Hall–Kier alpha value is -0.880. The van der Waals surface area contributed by atoms with Crippen LogP contribution < -0.4 is 5.73 Å². The molecule has 68 valence electrons. The van der Waals surface area contributed by atoms with Crippen LogP contribution in [0.1, 0.15) is 0 Å². The lowest BCUT2D eigenvalue weighted by molar-refractivity contribution is 0.636. The zero-order valence-electron chi connectivity index (χ0n) is 6.34. The molecule has 0 atom stereocenters. The molecule has 6 heteroatoms. The van der Waals surface area contributed by atoms with Gasteiger partial charge in [-0.3, -0.25) is 5.10 Å². The molecule has 0 aliphatic rings.